The average Bonchev–Trinajstić information content (AvgIpc) is 1.81. The van der Waals surface area contributed by atoms with E-state index in [1.807, 2.05) is 0 Å². The molecule has 0 radical (unpaired) electrons. The maximum Gasteiger partial charge on any atom is 0.0587 e. The Morgan fingerprint density at radius 2 is 2.09 bits per heavy atom. The monoisotopic (exact) mass is 157 g/mol. The van der Waals surface area contributed by atoms with Gasteiger partial charge in [-0.1, -0.05) is 20.3 Å². The van der Waals surface area contributed by atoms with E-state index in [1.165, 1.54) is 19.3 Å². The highest BCUT2D eigenvalue weighted by atomic mass is 16.3. The molecule has 0 saturated heterocycles. The van der Waals surface area contributed by atoms with Crippen molar-refractivity contribution in [3.63, 3.8) is 0 Å². The van der Waals surface area contributed by atoms with Gasteiger partial charge in [-0.05, 0) is 18.8 Å². The minimum Gasteiger partial charge on any atom is -0.395 e. The quantitative estimate of drug-likeness (QED) is 0.641. The normalized spacial score (nSPS) is 21.8. The maximum absolute atomic E-state index is 9.05. The summed E-state index contributed by atoms with van der Waals surface area (Å²) in [6.45, 7) is 4.55. The van der Waals surface area contributed by atoms with E-state index in [1.54, 1.807) is 0 Å². The number of aliphatic hydroxyl groups is 1. The molecule has 1 atom stereocenters. The van der Waals surface area contributed by atoms with Gasteiger partial charge in [0.05, 0.1) is 6.61 Å². The van der Waals surface area contributed by atoms with E-state index >= 15 is 0 Å². The second-order valence-electron chi connectivity index (χ2n) is 3.80. The molecule has 0 aromatic rings. The molecule has 0 heterocycles. The van der Waals surface area contributed by atoms with Crippen LogP contribution < -0.4 is 5.32 Å². The first-order valence-electron chi connectivity index (χ1n) is 4.61. The number of nitrogens with one attached hydrogen (secondary N) is 1. The topological polar surface area (TPSA) is 32.3 Å². The molecule has 1 rings (SSSR count). The van der Waals surface area contributed by atoms with Gasteiger partial charge in [0.1, 0.15) is 0 Å². The van der Waals surface area contributed by atoms with Crippen LogP contribution in [0.3, 0.4) is 0 Å². The van der Waals surface area contributed by atoms with Crippen LogP contribution in [0.1, 0.15) is 33.1 Å². The fourth-order valence-electron chi connectivity index (χ4n) is 1.61. The molecule has 2 N–H and O–H groups in total. The Hall–Kier alpha value is -0.0800. The van der Waals surface area contributed by atoms with Gasteiger partial charge >= 0.3 is 0 Å². The summed E-state index contributed by atoms with van der Waals surface area (Å²) in [4.78, 5) is 0. The van der Waals surface area contributed by atoms with Crippen molar-refractivity contribution >= 4 is 0 Å². The summed E-state index contributed by atoms with van der Waals surface area (Å²) in [6.07, 6.45) is 3.94. The van der Waals surface area contributed by atoms with Crippen molar-refractivity contribution in [3.8, 4) is 0 Å². The predicted molar refractivity (Wildman–Crippen MR) is 46.5 cm³/mol. The molecule has 0 aromatic heterocycles. The first kappa shape index (κ1) is 9.01. The Labute approximate surface area is 69.0 Å². The minimum atomic E-state index is 0.294. The molecular weight excluding hydrogens is 138 g/mol. The van der Waals surface area contributed by atoms with E-state index < -0.39 is 0 Å². The van der Waals surface area contributed by atoms with Gasteiger partial charge in [-0.3, -0.25) is 0 Å². The maximum atomic E-state index is 9.05. The second-order valence-corrected chi connectivity index (χ2v) is 3.80. The van der Waals surface area contributed by atoms with Gasteiger partial charge in [0, 0.05) is 12.1 Å². The molecular formula is C9H19NO. The summed E-state index contributed by atoms with van der Waals surface area (Å²) in [7, 11) is 0. The van der Waals surface area contributed by atoms with Crippen molar-refractivity contribution in [2.24, 2.45) is 5.92 Å². The highest BCUT2D eigenvalue weighted by Gasteiger charge is 2.26. The zero-order chi connectivity index (χ0) is 8.27. The van der Waals surface area contributed by atoms with Gasteiger partial charge in [-0.15, -0.1) is 0 Å². The van der Waals surface area contributed by atoms with E-state index in [0.717, 1.165) is 5.92 Å². The van der Waals surface area contributed by atoms with Gasteiger partial charge in [-0.2, -0.15) is 0 Å². The van der Waals surface area contributed by atoms with Crippen molar-refractivity contribution < 1.29 is 5.11 Å². The zero-order valence-electron chi connectivity index (χ0n) is 7.51. The molecule has 2 nitrogen and oxygen atoms in total. The lowest BCUT2D eigenvalue weighted by atomic mass is 9.80. The van der Waals surface area contributed by atoms with Crippen molar-refractivity contribution in [2.75, 3.05) is 6.61 Å². The van der Waals surface area contributed by atoms with Crippen LogP contribution in [0, 0.1) is 5.92 Å². The van der Waals surface area contributed by atoms with Crippen molar-refractivity contribution in [1.29, 1.82) is 0 Å². The molecule has 1 unspecified atom stereocenters. The minimum absolute atomic E-state index is 0.294. The van der Waals surface area contributed by atoms with Gasteiger partial charge < -0.3 is 10.4 Å². The third-order valence-electron chi connectivity index (χ3n) is 2.46. The van der Waals surface area contributed by atoms with Crippen LogP contribution in [0.5, 0.6) is 0 Å². The third kappa shape index (κ3) is 2.46. The van der Waals surface area contributed by atoms with E-state index in [9.17, 15) is 0 Å². The molecule has 1 fully saturated rings. The molecule has 0 amide bonds. The predicted octanol–water partition coefficient (Wildman–Crippen LogP) is 1.15. The largest absolute Gasteiger partial charge is 0.395 e. The van der Waals surface area contributed by atoms with Crippen molar-refractivity contribution in [2.45, 2.75) is 45.2 Å². The summed E-state index contributed by atoms with van der Waals surface area (Å²) >= 11 is 0. The van der Waals surface area contributed by atoms with Crippen LogP contribution in [-0.4, -0.2) is 23.8 Å². The Kier molecular flexibility index (Phi) is 3.34. The molecule has 11 heavy (non-hydrogen) atoms. The molecule has 1 aliphatic carbocycles. The van der Waals surface area contributed by atoms with Gasteiger partial charge in [0.2, 0.25) is 0 Å². The summed E-state index contributed by atoms with van der Waals surface area (Å²) in [5.41, 5.74) is 0. The van der Waals surface area contributed by atoms with E-state index in [0.29, 0.717) is 18.7 Å². The van der Waals surface area contributed by atoms with Crippen LogP contribution in [0.4, 0.5) is 0 Å². The Bertz CT molecular complexity index is 110. The lowest BCUT2D eigenvalue weighted by molar-refractivity contribution is 0.143. The van der Waals surface area contributed by atoms with Crippen molar-refractivity contribution in [1.82, 2.24) is 5.32 Å². The van der Waals surface area contributed by atoms with Crippen LogP contribution in [0.15, 0.2) is 0 Å². The van der Waals surface area contributed by atoms with E-state index in [4.69, 9.17) is 5.11 Å². The van der Waals surface area contributed by atoms with E-state index in [2.05, 4.69) is 19.2 Å². The van der Waals surface area contributed by atoms with Crippen LogP contribution in [-0.2, 0) is 0 Å². The summed E-state index contributed by atoms with van der Waals surface area (Å²) < 4.78 is 0. The van der Waals surface area contributed by atoms with Crippen molar-refractivity contribution in [3.05, 3.63) is 0 Å². The Morgan fingerprint density at radius 3 is 2.36 bits per heavy atom. The second kappa shape index (κ2) is 4.07. The summed E-state index contributed by atoms with van der Waals surface area (Å²) in [5.74, 6) is 0.738. The lowest BCUT2D eigenvalue weighted by Gasteiger charge is -2.34. The SMILES string of the molecule is CC(C)NC(CO)C1CCC1. The number of hydrogen-bond donors (Lipinski definition) is 2. The zero-order valence-corrected chi connectivity index (χ0v) is 7.51. The smallest absolute Gasteiger partial charge is 0.0587 e. The molecule has 0 bridgehead atoms. The Morgan fingerprint density at radius 1 is 1.45 bits per heavy atom. The molecule has 0 aromatic carbocycles. The number of aliphatic hydroxyl groups excluding tert-OH is 1. The molecule has 66 valence electrons. The summed E-state index contributed by atoms with van der Waals surface area (Å²) in [5, 5.41) is 12.4. The third-order valence-corrected chi connectivity index (χ3v) is 2.46. The lowest BCUT2D eigenvalue weighted by Crippen LogP contribution is -2.45. The highest BCUT2D eigenvalue weighted by Crippen LogP contribution is 2.29. The summed E-state index contributed by atoms with van der Waals surface area (Å²) in [6, 6.07) is 0.844. The number of hydrogen-bond acceptors (Lipinski definition) is 2. The van der Waals surface area contributed by atoms with Gasteiger partial charge in [0.25, 0.3) is 0 Å². The van der Waals surface area contributed by atoms with Crippen LogP contribution in [0.25, 0.3) is 0 Å². The standard InChI is InChI=1S/C9H19NO/c1-7(2)10-9(6-11)8-4-3-5-8/h7-11H,3-6H2,1-2H3. The average molecular weight is 157 g/mol. The first-order valence-corrected chi connectivity index (χ1v) is 4.61. The number of rotatable bonds is 4. The molecule has 1 saturated carbocycles. The molecule has 0 spiro atoms. The fraction of sp³-hybridized carbons (Fsp3) is 1.00. The first-order chi connectivity index (χ1) is 5.24. The van der Waals surface area contributed by atoms with Crippen LogP contribution in [0.2, 0.25) is 0 Å². The van der Waals surface area contributed by atoms with Crippen LogP contribution >= 0.6 is 0 Å². The fourth-order valence-corrected chi connectivity index (χ4v) is 1.61. The van der Waals surface area contributed by atoms with Gasteiger partial charge in [-0.25, -0.2) is 0 Å². The van der Waals surface area contributed by atoms with Gasteiger partial charge in [0.15, 0.2) is 0 Å². The molecule has 1 aliphatic rings. The molecule has 0 aliphatic heterocycles. The molecule has 2 heteroatoms. The Balaban J connectivity index is 2.23. The highest BCUT2D eigenvalue weighted by molar-refractivity contribution is 4.82. The van der Waals surface area contributed by atoms with E-state index in [-0.39, 0.29) is 0 Å².